The van der Waals surface area contributed by atoms with Crippen molar-refractivity contribution in [3.63, 3.8) is 0 Å². The summed E-state index contributed by atoms with van der Waals surface area (Å²) in [5, 5.41) is 15.1. The van der Waals surface area contributed by atoms with E-state index in [1.807, 2.05) is 0 Å². The monoisotopic (exact) mass is 397 g/mol. The molecular formula is C16H19N3O5S2. The molecule has 0 atom stereocenters. The number of carboxylic acid groups (broad SMARTS) is 1. The maximum Gasteiger partial charge on any atom is 0.304 e. The molecule has 2 aromatic rings. The molecule has 1 heterocycles. The standard InChI is InChI=1S/C16H19N3O5S2/c1-11-18-14(19-24-11)10-23-13-4-2-12(3-5-13)16(22)17-7-9-26-25-8-6-15(20)21/h2-5H,6-10H2,1H3,(H,17,22)(H,20,21). The van der Waals surface area contributed by atoms with Gasteiger partial charge in [-0.15, -0.1) is 0 Å². The predicted molar refractivity (Wildman–Crippen MR) is 99.3 cm³/mol. The van der Waals surface area contributed by atoms with E-state index in [0.717, 1.165) is 0 Å². The number of aryl methyl sites for hydroxylation is 1. The van der Waals surface area contributed by atoms with Crippen LogP contribution in [-0.4, -0.2) is 45.2 Å². The predicted octanol–water partition coefficient (Wildman–Crippen LogP) is 2.54. The lowest BCUT2D eigenvalue weighted by atomic mass is 10.2. The summed E-state index contributed by atoms with van der Waals surface area (Å²) in [5.41, 5.74) is 0.538. The lowest BCUT2D eigenvalue weighted by Gasteiger charge is -2.07. The average molecular weight is 397 g/mol. The summed E-state index contributed by atoms with van der Waals surface area (Å²) in [6.07, 6.45) is 0.144. The second-order valence-corrected chi connectivity index (χ2v) is 7.79. The van der Waals surface area contributed by atoms with Crippen LogP contribution in [0.25, 0.3) is 0 Å². The highest BCUT2D eigenvalue weighted by Crippen LogP contribution is 2.21. The zero-order valence-electron chi connectivity index (χ0n) is 14.1. The van der Waals surface area contributed by atoms with Crippen molar-refractivity contribution in [1.82, 2.24) is 15.5 Å². The minimum atomic E-state index is -0.800. The van der Waals surface area contributed by atoms with Crippen molar-refractivity contribution >= 4 is 33.5 Å². The van der Waals surface area contributed by atoms with E-state index in [1.165, 1.54) is 10.8 Å². The van der Waals surface area contributed by atoms with Gasteiger partial charge >= 0.3 is 5.97 Å². The summed E-state index contributed by atoms with van der Waals surface area (Å²) in [4.78, 5) is 26.5. The summed E-state index contributed by atoms with van der Waals surface area (Å²) >= 11 is 0. The van der Waals surface area contributed by atoms with Gasteiger partial charge in [0.05, 0.1) is 6.42 Å². The number of nitrogens with one attached hydrogen (secondary N) is 1. The lowest BCUT2D eigenvalue weighted by Crippen LogP contribution is -2.25. The van der Waals surface area contributed by atoms with Crippen LogP contribution >= 0.6 is 21.6 Å². The third-order valence-electron chi connectivity index (χ3n) is 3.01. The van der Waals surface area contributed by atoms with Crippen molar-refractivity contribution in [2.45, 2.75) is 20.0 Å². The van der Waals surface area contributed by atoms with Crippen LogP contribution in [-0.2, 0) is 11.4 Å². The zero-order chi connectivity index (χ0) is 18.8. The molecule has 2 rings (SSSR count). The Hall–Kier alpha value is -2.20. The molecule has 2 N–H and O–H groups in total. The van der Waals surface area contributed by atoms with Crippen LogP contribution in [0, 0.1) is 6.92 Å². The molecule has 26 heavy (non-hydrogen) atoms. The molecule has 0 spiro atoms. The quantitative estimate of drug-likeness (QED) is 0.436. The third kappa shape index (κ3) is 7.36. The van der Waals surface area contributed by atoms with Crippen LogP contribution in [0.1, 0.15) is 28.5 Å². The maximum atomic E-state index is 12.0. The van der Waals surface area contributed by atoms with E-state index < -0.39 is 5.97 Å². The number of ether oxygens (including phenoxy) is 1. The molecule has 0 saturated heterocycles. The summed E-state index contributed by atoms with van der Waals surface area (Å²) in [7, 11) is 3.03. The molecule has 140 valence electrons. The molecule has 0 aliphatic rings. The number of amides is 1. The first-order chi connectivity index (χ1) is 12.5. The number of carbonyl (C=O) groups excluding carboxylic acids is 1. The Morgan fingerprint density at radius 1 is 1.23 bits per heavy atom. The molecule has 1 aromatic carbocycles. The third-order valence-corrected chi connectivity index (χ3v) is 5.42. The number of rotatable bonds is 11. The molecule has 8 nitrogen and oxygen atoms in total. The first-order valence-electron chi connectivity index (χ1n) is 7.81. The van der Waals surface area contributed by atoms with Crippen LogP contribution in [0.3, 0.4) is 0 Å². The lowest BCUT2D eigenvalue weighted by molar-refractivity contribution is -0.136. The number of hydrogen-bond donors (Lipinski definition) is 2. The number of carbonyl (C=O) groups is 2. The second-order valence-electron chi connectivity index (χ2n) is 5.09. The highest BCUT2D eigenvalue weighted by atomic mass is 33.1. The van der Waals surface area contributed by atoms with Gasteiger partial charge in [-0.3, -0.25) is 9.59 Å². The topological polar surface area (TPSA) is 115 Å². The van der Waals surface area contributed by atoms with E-state index in [9.17, 15) is 9.59 Å². The SMILES string of the molecule is Cc1nc(COc2ccc(C(=O)NCCSSCCC(=O)O)cc2)no1. The average Bonchev–Trinajstić information content (AvgIpc) is 3.04. The van der Waals surface area contributed by atoms with E-state index in [4.69, 9.17) is 14.4 Å². The van der Waals surface area contributed by atoms with E-state index in [0.29, 0.717) is 41.1 Å². The van der Waals surface area contributed by atoms with Gasteiger partial charge in [0, 0.05) is 30.5 Å². The molecule has 0 bridgehead atoms. The molecular weight excluding hydrogens is 378 g/mol. The second kappa shape index (κ2) is 10.7. The van der Waals surface area contributed by atoms with E-state index in [-0.39, 0.29) is 18.9 Å². The summed E-state index contributed by atoms with van der Waals surface area (Å²) in [6.45, 7) is 2.41. The number of nitrogens with zero attached hydrogens (tertiary/aromatic N) is 2. The Morgan fingerprint density at radius 2 is 1.96 bits per heavy atom. The number of aromatic nitrogens is 2. The highest BCUT2D eigenvalue weighted by Gasteiger charge is 2.07. The Balaban J connectivity index is 1.65. The van der Waals surface area contributed by atoms with Crippen molar-refractivity contribution in [3.05, 3.63) is 41.5 Å². The molecule has 10 heteroatoms. The Labute approximate surface area is 158 Å². The Kier molecular flexibility index (Phi) is 8.29. The summed E-state index contributed by atoms with van der Waals surface area (Å²) < 4.78 is 10.4. The molecule has 0 aliphatic heterocycles. The van der Waals surface area contributed by atoms with Gasteiger partial charge in [-0.1, -0.05) is 26.7 Å². The highest BCUT2D eigenvalue weighted by molar-refractivity contribution is 8.76. The van der Waals surface area contributed by atoms with E-state index in [2.05, 4.69) is 15.5 Å². The van der Waals surface area contributed by atoms with Gasteiger partial charge in [-0.2, -0.15) is 4.98 Å². The van der Waals surface area contributed by atoms with Crippen LogP contribution in [0.4, 0.5) is 0 Å². The number of benzene rings is 1. The van der Waals surface area contributed by atoms with Gasteiger partial charge in [0.2, 0.25) is 11.7 Å². The normalized spacial score (nSPS) is 10.5. The van der Waals surface area contributed by atoms with Gasteiger partial charge in [0.1, 0.15) is 5.75 Å². The first-order valence-corrected chi connectivity index (χ1v) is 10.3. The fourth-order valence-corrected chi connectivity index (χ4v) is 3.69. The minimum Gasteiger partial charge on any atom is -0.485 e. The molecule has 0 unspecified atom stereocenters. The Morgan fingerprint density at radius 3 is 2.62 bits per heavy atom. The molecule has 0 radical (unpaired) electrons. The fraction of sp³-hybridized carbons (Fsp3) is 0.375. The molecule has 0 fully saturated rings. The van der Waals surface area contributed by atoms with Crippen LogP contribution < -0.4 is 10.1 Å². The number of aliphatic carboxylic acids is 1. The molecule has 0 aliphatic carbocycles. The Bertz CT molecular complexity index is 721. The largest absolute Gasteiger partial charge is 0.485 e. The van der Waals surface area contributed by atoms with Gasteiger partial charge in [0.15, 0.2) is 6.61 Å². The van der Waals surface area contributed by atoms with Gasteiger partial charge < -0.3 is 19.7 Å². The van der Waals surface area contributed by atoms with Crippen molar-refractivity contribution < 1.29 is 24.0 Å². The number of hydrogen-bond acceptors (Lipinski definition) is 8. The fourth-order valence-electron chi connectivity index (χ4n) is 1.81. The van der Waals surface area contributed by atoms with Crippen molar-refractivity contribution in [2.75, 3.05) is 18.1 Å². The van der Waals surface area contributed by atoms with Crippen LogP contribution in [0.2, 0.25) is 0 Å². The molecule has 1 aromatic heterocycles. The summed E-state index contributed by atoms with van der Waals surface area (Å²) in [6, 6.07) is 6.78. The van der Waals surface area contributed by atoms with Gasteiger partial charge in [-0.25, -0.2) is 0 Å². The van der Waals surface area contributed by atoms with E-state index >= 15 is 0 Å². The van der Waals surface area contributed by atoms with Crippen molar-refractivity contribution in [3.8, 4) is 5.75 Å². The van der Waals surface area contributed by atoms with Crippen molar-refractivity contribution in [2.24, 2.45) is 0 Å². The first kappa shape index (κ1) is 20.1. The molecule has 1 amide bonds. The maximum absolute atomic E-state index is 12.0. The van der Waals surface area contributed by atoms with Gasteiger partial charge in [-0.05, 0) is 24.3 Å². The smallest absolute Gasteiger partial charge is 0.304 e. The minimum absolute atomic E-state index is 0.144. The molecule has 0 saturated carbocycles. The van der Waals surface area contributed by atoms with E-state index in [1.54, 1.807) is 42.0 Å². The zero-order valence-corrected chi connectivity index (χ0v) is 15.8. The van der Waals surface area contributed by atoms with Gasteiger partial charge in [0.25, 0.3) is 5.91 Å². The van der Waals surface area contributed by atoms with Crippen LogP contribution in [0.5, 0.6) is 5.75 Å². The number of carboxylic acids is 1. The van der Waals surface area contributed by atoms with Crippen LogP contribution in [0.15, 0.2) is 28.8 Å². The van der Waals surface area contributed by atoms with Crippen molar-refractivity contribution in [1.29, 1.82) is 0 Å². The summed E-state index contributed by atoms with van der Waals surface area (Å²) in [5.74, 6) is 1.85.